The molecule has 1 N–H and O–H groups in total. The number of benzene rings is 2. The molecule has 0 saturated carbocycles. The summed E-state index contributed by atoms with van der Waals surface area (Å²) in [5.74, 6) is -1.63. The number of nitrogens with one attached hydrogen (secondary N) is 1. The summed E-state index contributed by atoms with van der Waals surface area (Å²) in [4.78, 5) is 21.8. The van der Waals surface area contributed by atoms with Gasteiger partial charge in [0.05, 0.1) is 12.0 Å². The van der Waals surface area contributed by atoms with Gasteiger partial charge < -0.3 is 14.8 Å². The summed E-state index contributed by atoms with van der Waals surface area (Å²) in [5, 5.41) is 13.3. The molecular formula is C17H15F3N2O5. The Morgan fingerprint density at radius 2 is 1.96 bits per heavy atom. The topological polar surface area (TPSA) is 90.7 Å². The highest BCUT2D eigenvalue weighted by Crippen LogP contribution is 2.29. The number of carbonyl (C=O) groups excluding carboxylic acids is 1. The second-order valence-electron chi connectivity index (χ2n) is 5.29. The maximum atomic E-state index is 13.3. The van der Waals surface area contributed by atoms with Gasteiger partial charge in [0.25, 0.3) is 5.91 Å². The SMILES string of the molecule is COc1cc(CCNC(=O)c2ccc(F)c([N+](=O)[O-])c2)ccc1OC(F)F. The number of hydrogen-bond acceptors (Lipinski definition) is 5. The maximum Gasteiger partial charge on any atom is 0.387 e. The third kappa shape index (κ3) is 5.33. The lowest BCUT2D eigenvalue weighted by atomic mass is 10.1. The number of alkyl halides is 2. The Labute approximate surface area is 151 Å². The molecule has 27 heavy (non-hydrogen) atoms. The highest BCUT2D eigenvalue weighted by molar-refractivity contribution is 5.94. The molecule has 144 valence electrons. The van der Waals surface area contributed by atoms with Gasteiger partial charge in [-0.15, -0.1) is 0 Å². The molecule has 0 aliphatic heterocycles. The van der Waals surface area contributed by atoms with E-state index in [2.05, 4.69) is 10.1 Å². The van der Waals surface area contributed by atoms with E-state index in [1.807, 2.05) is 0 Å². The zero-order chi connectivity index (χ0) is 20.0. The number of nitro benzene ring substituents is 1. The number of halogens is 3. The highest BCUT2D eigenvalue weighted by atomic mass is 19.3. The van der Waals surface area contributed by atoms with Crippen molar-refractivity contribution in [2.45, 2.75) is 13.0 Å². The Morgan fingerprint density at radius 3 is 2.59 bits per heavy atom. The van der Waals surface area contributed by atoms with Crippen LogP contribution in [0.15, 0.2) is 36.4 Å². The second-order valence-corrected chi connectivity index (χ2v) is 5.29. The molecule has 0 fully saturated rings. The number of carbonyl (C=O) groups is 1. The molecule has 0 heterocycles. The Balaban J connectivity index is 1.99. The molecule has 7 nitrogen and oxygen atoms in total. The lowest BCUT2D eigenvalue weighted by molar-refractivity contribution is -0.387. The van der Waals surface area contributed by atoms with E-state index in [1.54, 1.807) is 0 Å². The molecule has 2 aromatic rings. The van der Waals surface area contributed by atoms with Crippen LogP contribution in [0.25, 0.3) is 0 Å². The van der Waals surface area contributed by atoms with Crippen molar-refractivity contribution in [1.82, 2.24) is 5.32 Å². The predicted molar refractivity (Wildman–Crippen MR) is 88.7 cm³/mol. The van der Waals surface area contributed by atoms with Gasteiger partial charge in [0.15, 0.2) is 11.5 Å². The standard InChI is InChI=1S/C17H15F3N2O5/c1-26-15-8-10(2-5-14(15)27-17(19)20)6-7-21-16(23)11-3-4-12(18)13(9-11)22(24)25/h2-5,8-9,17H,6-7H2,1H3,(H,21,23). The summed E-state index contributed by atoms with van der Waals surface area (Å²) in [5.41, 5.74) is -0.165. The van der Waals surface area contributed by atoms with Crippen molar-refractivity contribution < 1.29 is 32.4 Å². The third-order valence-electron chi connectivity index (χ3n) is 3.55. The van der Waals surface area contributed by atoms with E-state index in [1.165, 1.54) is 25.3 Å². The molecule has 0 bridgehead atoms. The van der Waals surface area contributed by atoms with Gasteiger partial charge >= 0.3 is 12.3 Å². The molecule has 2 rings (SSSR count). The van der Waals surface area contributed by atoms with Crippen molar-refractivity contribution in [3.63, 3.8) is 0 Å². The fraction of sp³-hybridized carbons (Fsp3) is 0.235. The van der Waals surface area contributed by atoms with Crippen LogP contribution in [0, 0.1) is 15.9 Å². The first-order valence-corrected chi connectivity index (χ1v) is 7.65. The third-order valence-corrected chi connectivity index (χ3v) is 3.55. The Morgan fingerprint density at radius 1 is 1.22 bits per heavy atom. The quantitative estimate of drug-likeness (QED) is 0.557. The highest BCUT2D eigenvalue weighted by Gasteiger charge is 2.17. The van der Waals surface area contributed by atoms with E-state index in [0.29, 0.717) is 12.0 Å². The molecule has 10 heteroatoms. The van der Waals surface area contributed by atoms with Crippen molar-refractivity contribution in [3.8, 4) is 11.5 Å². The minimum atomic E-state index is -2.98. The minimum absolute atomic E-state index is 0.0543. The summed E-state index contributed by atoms with van der Waals surface area (Å²) in [7, 11) is 1.31. The lowest BCUT2D eigenvalue weighted by Crippen LogP contribution is -2.25. The smallest absolute Gasteiger partial charge is 0.387 e. The summed E-state index contributed by atoms with van der Waals surface area (Å²) in [6.07, 6.45) is 0.334. The molecule has 0 saturated heterocycles. The van der Waals surface area contributed by atoms with Crippen molar-refractivity contribution in [2.24, 2.45) is 0 Å². The van der Waals surface area contributed by atoms with Crippen molar-refractivity contribution in [1.29, 1.82) is 0 Å². The van der Waals surface area contributed by atoms with Crippen LogP contribution in [0.1, 0.15) is 15.9 Å². The predicted octanol–water partition coefficient (Wildman–Crippen LogP) is 3.32. The molecular weight excluding hydrogens is 369 g/mol. The van der Waals surface area contributed by atoms with Gasteiger partial charge in [-0.05, 0) is 36.2 Å². The average Bonchev–Trinajstić information content (AvgIpc) is 2.62. The molecule has 0 radical (unpaired) electrons. The second kappa shape index (κ2) is 8.88. The lowest BCUT2D eigenvalue weighted by Gasteiger charge is -2.11. The van der Waals surface area contributed by atoms with E-state index in [9.17, 15) is 28.1 Å². The van der Waals surface area contributed by atoms with E-state index >= 15 is 0 Å². The molecule has 0 aliphatic rings. The largest absolute Gasteiger partial charge is 0.493 e. The van der Waals surface area contributed by atoms with Gasteiger partial charge in [0.2, 0.25) is 5.82 Å². The van der Waals surface area contributed by atoms with Crippen LogP contribution >= 0.6 is 0 Å². The first-order chi connectivity index (χ1) is 12.8. The van der Waals surface area contributed by atoms with Crippen molar-refractivity contribution >= 4 is 11.6 Å². The summed E-state index contributed by atoms with van der Waals surface area (Å²) in [6, 6.07) is 7.19. The van der Waals surface area contributed by atoms with Crippen LogP contribution < -0.4 is 14.8 Å². The fourth-order valence-electron chi connectivity index (χ4n) is 2.28. The number of ether oxygens (including phenoxy) is 2. The number of nitrogens with zero attached hydrogens (tertiary/aromatic N) is 1. The van der Waals surface area contributed by atoms with E-state index < -0.39 is 28.9 Å². The zero-order valence-corrected chi connectivity index (χ0v) is 14.1. The fourth-order valence-corrected chi connectivity index (χ4v) is 2.28. The maximum absolute atomic E-state index is 13.3. The van der Waals surface area contributed by atoms with Crippen LogP contribution in [0.4, 0.5) is 18.9 Å². The molecule has 0 aromatic heterocycles. The first kappa shape index (κ1) is 20.0. The van der Waals surface area contributed by atoms with Gasteiger partial charge in [0.1, 0.15) is 0 Å². The summed E-state index contributed by atoms with van der Waals surface area (Å²) < 4.78 is 47.2. The van der Waals surface area contributed by atoms with Crippen LogP contribution in [0.3, 0.4) is 0 Å². The Kier molecular flexibility index (Phi) is 6.58. The van der Waals surface area contributed by atoms with Gasteiger partial charge in [-0.2, -0.15) is 13.2 Å². The zero-order valence-electron chi connectivity index (χ0n) is 14.1. The van der Waals surface area contributed by atoms with Crippen molar-refractivity contribution in [2.75, 3.05) is 13.7 Å². The summed E-state index contributed by atoms with van der Waals surface area (Å²) in [6.45, 7) is -2.83. The normalized spacial score (nSPS) is 10.6. The Bertz CT molecular complexity index is 845. The van der Waals surface area contributed by atoms with Gasteiger partial charge in [-0.1, -0.05) is 6.07 Å². The first-order valence-electron chi connectivity index (χ1n) is 7.65. The van der Waals surface area contributed by atoms with Gasteiger partial charge in [-0.25, -0.2) is 0 Å². The van der Waals surface area contributed by atoms with E-state index in [-0.39, 0.29) is 23.6 Å². The molecule has 0 aliphatic carbocycles. The van der Waals surface area contributed by atoms with Crippen LogP contribution in [0.2, 0.25) is 0 Å². The number of hydrogen-bond donors (Lipinski definition) is 1. The van der Waals surface area contributed by atoms with Crippen LogP contribution in [0.5, 0.6) is 11.5 Å². The van der Waals surface area contributed by atoms with Crippen molar-refractivity contribution in [3.05, 3.63) is 63.5 Å². The van der Waals surface area contributed by atoms with Crippen LogP contribution in [-0.2, 0) is 6.42 Å². The molecule has 0 atom stereocenters. The van der Waals surface area contributed by atoms with Crippen LogP contribution in [-0.4, -0.2) is 31.1 Å². The number of rotatable bonds is 8. The number of nitro groups is 1. The Hall–Kier alpha value is -3.30. The average molecular weight is 384 g/mol. The molecule has 0 unspecified atom stereocenters. The van der Waals surface area contributed by atoms with E-state index in [4.69, 9.17) is 4.74 Å². The number of amides is 1. The molecule has 1 amide bonds. The minimum Gasteiger partial charge on any atom is -0.493 e. The monoisotopic (exact) mass is 384 g/mol. The molecule has 0 spiro atoms. The molecule has 2 aromatic carbocycles. The number of methoxy groups -OCH3 is 1. The summed E-state index contributed by atoms with van der Waals surface area (Å²) >= 11 is 0. The van der Waals surface area contributed by atoms with E-state index in [0.717, 1.165) is 18.2 Å². The van der Waals surface area contributed by atoms with Gasteiger partial charge in [0, 0.05) is 18.2 Å². The van der Waals surface area contributed by atoms with Gasteiger partial charge in [-0.3, -0.25) is 14.9 Å².